The van der Waals surface area contributed by atoms with E-state index in [1.165, 1.54) is 54.4 Å². The molecule has 0 saturated heterocycles. The molecular formula is C17H16F3NO4S. The van der Waals surface area contributed by atoms with Gasteiger partial charge >= 0.3 is 6.36 Å². The summed E-state index contributed by atoms with van der Waals surface area (Å²) in [6.07, 6.45) is -3.83. The van der Waals surface area contributed by atoms with Crippen molar-refractivity contribution in [2.45, 2.75) is 17.8 Å². The number of para-hydroxylation sites is 1. The Hall–Kier alpha value is -2.55. The molecule has 0 heterocycles. The first-order chi connectivity index (χ1) is 12.0. The standard InChI is InChI=1S/C17H16F3NO4S/c1-21(11-13-6-3-4-9-15(13)25-17(18,19)20)16(22)12-7-5-8-14(10-12)26(2,23)24/h3-10H,11H2,1-2H3. The Kier molecular flexibility index (Phi) is 5.60. The summed E-state index contributed by atoms with van der Waals surface area (Å²) in [6.45, 7) is -0.145. The second-order valence-corrected chi connectivity index (χ2v) is 7.63. The lowest BCUT2D eigenvalue weighted by Crippen LogP contribution is -2.27. The Morgan fingerprint density at radius 2 is 1.77 bits per heavy atom. The second-order valence-electron chi connectivity index (χ2n) is 5.62. The number of carbonyl (C=O) groups excluding carboxylic acids is 1. The van der Waals surface area contributed by atoms with Crippen molar-refractivity contribution < 1.29 is 31.1 Å². The molecule has 0 saturated carbocycles. The zero-order valence-electron chi connectivity index (χ0n) is 13.9. The van der Waals surface area contributed by atoms with E-state index in [2.05, 4.69) is 4.74 Å². The van der Waals surface area contributed by atoms with E-state index >= 15 is 0 Å². The summed E-state index contributed by atoms with van der Waals surface area (Å²) < 4.78 is 64.6. The van der Waals surface area contributed by atoms with Crippen molar-refractivity contribution in [3.8, 4) is 5.75 Å². The molecule has 0 N–H and O–H groups in total. The number of hydrogen-bond acceptors (Lipinski definition) is 4. The minimum absolute atomic E-state index is 0.0162. The fourth-order valence-corrected chi connectivity index (χ4v) is 2.93. The van der Waals surface area contributed by atoms with Crippen LogP contribution in [-0.2, 0) is 16.4 Å². The Morgan fingerprint density at radius 3 is 2.38 bits per heavy atom. The molecule has 0 aliphatic rings. The van der Waals surface area contributed by atoms with Gasteiger partial charge in [0.05, 0.1) is 4.90 Å². The van der Waals surface area contributed by atoms with Crippen LogP contribution in [0.5, 0.6) is 5.75 Å². The molecule has 0 atom stereocenters. The molecule has 2 rings (SSSR count). The maximum absolute atomic E-state index is 12.5. The van der Waals surface area contributed by atoms with Gasteiger partial charge in [-0.1, -0.05) is 24.3 Å². The molecular weight excluding hydrogens is 371 g/mol. The summed E-state index contributed by atoms with van der Waals surface area (Å²) in [4.78, 5) is 13.7. The number of alkyl halides is 3. The van der Waals surface area contributed by atoms with Crippen molar-refractivity contribution >= 4 is 15.7 Å². The number of halogens is 3. The molecule has 0 radical (unpaired) electrons. The average molecular weight is 387 g/mol. The van der Waals surface area contributed by atoms with Crippen molar-refractivity contribution in [3.63, 3.8) is 0 Å². The molecule has 0 spiro atoms. The number of ether oxygens (including phenoxy) is 1. The van der Waals surface area contributed by atoms with Gasteiger partial charge in [-0.05, 0) is 24.3 Å². The molecule has 26 heavy (non-hydrogen) atoms. The molecule has 0 aromatic heterocycles. The smallest absolute Gasteiger partial charge is 0.405 e. The molecule has 9 heteroatoms. The van der Waals surface area contributed by atoms with Crippen LogP contribution in [0.2, 0.25) is 0 Å². The molecule has 0 bridgehead atoms. The summed E-state index contributed by atoms with van der Waals surface area (Å²) in [5.41, 5.74) is 0.282. The van der Waals surface area contributed by atoms with Gasteiger partial charge in [-0.2, -0.15) is 0 Å². The third kappa shape index (κ3) is 5.22. The summed E-state index contributed by atoms with van der Waals surface area (Å²) in [6, 6.07) is 10.9. The first-order valence-corrected chi connectivity index (χ1v) is 9.26. The van der Waals surface area contributed by atoms with Gasteiger partial charge in [-0.25, -0.2) is 8.42 Å². The molecule has 0 aliphatic carbocycles. The van der Waals surface area contributed by atoms with E-state index in [1.54, 1.807) is 0 Å². The Morgan fingerprint density at radius 1 is 1.12 bits per heavy atom. The van der Waals surface area contributed by atoms with Crippen LogP contribution in [0.1, 0.15) is 15.9 Å². The second kappa shape index (κ2) is 7.36. The van der Waals surface area contributed by atoms with Gasteiger partial charge in [-0.15, -0.1) is 13.2 Å². The topological polar surface area (TPSA) is 63.7 Å². The summed E-state index contributed by atoms with van der Waals surface area (Å²) in [5, 5.41) is 0. The minimum atomic E-state index is -4.84. The Bertz CT molecular complexity index is 910. The number of carbonyl (C=O) groups is 1. The van der Waals surface area contributed by atoms with E-state index in [-0.39, 0.29) is 22.6 Å². The molecule has 2 aromatic rings. The van der Waals surface area contributed by atoms with Crippen molar-refractivity contribution in [1.82, 2.24) is 4.90 Å². The highest BCUT2D eigenvalue weighted by atomic mass is 32.2. The van der Waals surface area contributed by atoms with Gasteiger partial charge in [0.25, 0.3) is 5.91 Å². The molecule has 1 amide bonds. The zero-order valence-corrected chi connectivity index (χ0v) is 14.8. The predicted octanol–water partition coefficient (Wildman–Crippen LogP) is 3.26. The minimum Gasteiger partial charge on any atom is -0.405 e. The fourth-order valence-electron chi connectivity index (χ4n) is 2.27. The lowest BCUT2D eigenvalue weighted by atomic mass is 10.1. The lowest BCUT2D eigenvalue weighted by Gasteiger charge is -2.20. The number of amides is 1. The van der Waals surface area contributed by atoms with Gasteiger partial charge in [0, 0.05) is 31.0 Å². The number of benzene rings is 2. The Labute approximate surface area is 148 Å². The van der Waals surface area contributed by atoms with Crippen molar-refractivity contribution in [1.29, 1.82) is 0 Å². The lowest BCUT2D eigenvalue weighted by molar-refractivity contribution is -0.275. The fraction of sp³-hybridized carbons (Fsp3) is 0.235. The Balaban J connectivity index is 2.23. The van der Waals surface area contributed by atoms with Crippen LogP contribution in [0.3, 0.4) is 0 Å². The van der Waals surface area contributed by atoms with Crippen LogP contribution in [0.25, 0.3) is 0 Å². The molecule has 0 unspecified atom stereocenters. The van der Waals surface area contributed by atoms with Gasteiger partial charge in [0.15, 0.2) is 9.84 Å². The van der Waals surface area contributed by atoms with Crippen LogP contribution >= 0.6 is 0 Å². The van der Waals surface area contributed by atoms with Crippen LogP contribution in [-0.4, -0.2) is 38.9 Å². The van der Waals surface area contributed by atoms with E-state index in [0.29, 0.717) is 0 Å². The van der Waals surface area contributed by atoms with E-state index < -0.39 is 27.9 Å². The van der Waals surface area contributed by atoms with E-state index in [0.717, 1.165) is 12.3 Å². The summed E-state index contributed by atoms with van der Waals surface area (Å²) in [7, 11) is -2.08. The number of sulfone groups is 1. The highest BCUT2D eigenvalue weighted by Crippen LogP contribution is 2.27. The molecule has 0 aliphatic heterocycles. The maximum atomic E-state index is 12.5. The predicted molar refractivity (Wildman–Crippen MR) is 88.5 cm³/mol. The van der Waals surface area contributed by atoms with Gasteiger partial charge < -0.3 is 9.64 Å². The van der Waals surface area contributed by atoms with E-state index in [1.807, 2.05) is 0 Å². The molecule has 0 fully saturated rings. The number of rotatable bonds is 5. The van der Waals surface area contributed by atoms with Gasteiger partial charge in [-0.3, -0.25) is 4.79 Å². The molecule has 140 valence electrons. The van der Waals surface area contributed by atoms with Crippen LogP contribution in [0, 0.1) is 0 Å². The summed E-state index contributed by atoms with van der Waals surface area (Å²) in [5.74, 6) is -0.929. The summed E-state index contributed by atoms with van der Waals surface area (Å²) >= 11 is 0. The molecule has 5 nitrogen and oxygen atoms in total. The monoisotopic (exact) mass is 387 g/mol. The zero-order chi connectivity index (χ0) is 19.5. The first kappa shape index (κ1) is 19.8. The van der Waals surface area contributed by atoms with Gasteiger partial charge in [0.2, 0.25) is 0 Å². The third-order valence-corrected chi connectivity index (χ3v) is 4.57. The first-order valence-electron chi connectivity index (χ1n) is 7.36. The van der Waals surface area contributed by atoms with Crippen LogP contribution in [0.4, 0.5) is 13.2 Å². The number of nitrogens with zero attached hydrogens (tertiary/aromatic N) is 1. The quantitative estimate of drug-likeness (QED) is 0.790. The molecule has 2 aromatic carbocycles. The van der Waals surface area contributed by atoms with E-state index in [4.69, 9.17) is 0 Å². The highest BCUT2D eigenvalue weighted by Gasteiger charge is 2.32. The third-order valence-electron chi connectivity index (χ3n) is 3.46. The van der Waals surface area contributed by atoms with Crippen LogP contribution < -0.4 is 4.74 Å². The van der Waals surface area contributed by atoms with Crippen molar-refractivity contribution in [2.75, 3.05) is 13.3 Å². The number of hydrogen-bond donors (Lipinski definition) is 0. The largest absolute Gasteiger partial charge is 0.573 e. The highest BCUT2D eigenvalue weighted by molar-refractivity contribution is 7.90. The van der Waals surface area contributed by atoms with Crippen LogP contribution in [0.15, 0.2) is 53.4 Å². The average Bonchev–Trinajstić information content (AvgIpc) is 2.54. The van der Waals surface area contributed by atoms with Gasteiger partial charge in [0.1, 0.15) is 5.75 Å². The van der Waals surface area contributed by atoms with Crippen molar-refractivity contribution in [2.24, 2.45) is 0 Å². The SMILES string of the molecule is CN(Cc1ccccc1OC(F)(F)F)C(=O)c1cccc(S(C)(=O)=O)c1. The maximum Gasteiger partial charge on any atom is 0.573 e. The normalized spacial score (nSPS) is 11.9. The van der Waals surface area contributed by atoms with Crippen molar-refractivity contribution in [3.05, 3.63) is 59.7 Å². The van der Waals surface area contributed by atoms with E-state index in [9.17, 15) is 26.4 Å².